The Labute approximate surface area is 125 Å². The minimum Gasteiger partial charge on any atom is -0.497 e. The highest BCUT2D eigenvalue weighted by molar-refractivity contribution is 6.01. The third-order valence-electron chi connectivity index (χ3n) is 3.91. The van der Waals surface area contributed by atoms with Crippen LogP contribution in [0.2, 0.25) is 0 Å². The van der Waals surface area contributed by atoms with E-state index in [2.05, 4.69) is 11.8 Å². The lowest BCUT2D eigenvalue weighted by Gasteiger charge is -2.34. The standard InChI is InChI=1S/C15H23N3O3/c1-4-17-5-7-18(8-6-17)15(19)12-9-11(20-2)10-13(21-3)14(12)16/h9-10H,4-8,16H2,1-3H3. The molecule has 21 heavy (non-hydrogen) atoms. The molecule has 1 aliphatic rings. The van der Waals surface area contributed by atoms with E-state index >= 15 is 0 Å². The second-order valence-electron chi connectivity index (χ2n) is 5.02. The molecule has 116 valence electrons. The van der Waals surface area contributed by atoms with Crippen molar-refractivity contribution in [3.8, 4) is 11.5 Å². The number of nitrogens with zero attached hydrogens (tertiary/aromatic N) is 2. The van der Waals surface area contributed by atoms with Gasteiger partial charge in [-0.2, -0.15) is 0 Å². The molecule has 0 radical (unpaired) electrons. The number of nitrogens with two attached hydrogens (primary N) is 1. The average Bonchev–Trinajstić information content (AvgIpc) is 2.54. The lowest BCUT2D eigenvalue weighted by Crippen LogP contribution is -2.48. The summed E-state index contributed by atoms with van der Waals surface area (Å²) < 4.78 is 10.4. The first-order valence-electron chi connectivity index (χ1n) is 7.13. The maximum absolute atomic E-state index is 12.7. The number of carbonyl (C=O) groups excluding carboxylic acids is 1. The fraction of sp³-hybridized carbons (Fsp3) is 0.533. The van der Waals surface area contributed by atoms with Crippen molar-refractivity contribution >= 4 is 11.6 Å². The van der Waals surface area contributed by atoms with Crippen LogP contribution in [0.1, 0.15) is 17.3 Å². The fourth-order valence-electron chi connectivity index (χ4n) is 2.50. The SMILES string of the molecule is CCN1CCN(C(=O)c2cc(OC)cc(OC)c2N)CC1. The summed E-state index contributed by atoms with van der Waals surface area (Å²) in [4.78, 5) is 16.8. The summed E-state index contributed by atoms with van der Waals surface area (Å²) >= 11 is 0. The van der Waals surface area contributed by atoms with Crippen molar-refractivity contribution in [3.05, 3.63) is 17.7 Å². The Morgan fingerprint density at radius 2 is 1.86 bits per heavy atom. The van der Waals surface area contributed by atoms with E-state index in [0.29, 0.717) is 35.8 Å². The van der Waals surface area contributed by atoms with Crippen molar-refractivity contribution in [3.63, 3.8) is 0 Å². The topological polar surface area (TPSA) is 68.0 Å². The first-order chi connectivity index (χ1) is 10.1. The molecule has 2 rings (SSSR count). The number of likely N-dealkylation sites (N-methyl/N-ethyl adjacent to an activating group) is 1. The van der Waals surface area contributed by atoms with Crippen molar-refractivity contribution in [2.24, 2.45) is 0 Å². The molecule has 1 fully saturated rings. The molecule has 0 unspecified atom stereocenters. The number of ether oxygens (including phenoxy) is 2. The number of nitrogen functional groups attached to an aromatic ring is 1. The molecule has 1 aromatic rings. The van der Waals surface area contributed by atoms with E-state index in [9.17, 15) is 4.79 Å². The Morgan fingerprint density at radius 3 is 2.38 bits per heavy atom. The van der Waals surface area contributed by atoms with Crippen molar-refractivity contribution in [1.29, 1.82) is 0 Å². The molecule has 6 nitrogen and oxygen atoms in total. The Hall–Kier alpha value is -1.95. The van der Waals surface area contributed by atoms with Crippen LogP contribution >= 0.6 is 0 Å². The Morgan fingerprint density at radius 1 is 1.19 bits per heavy atom. The van der Waals surface area contributed by atoms with Gasteiger partial charge in [0.25, 0.3) is 5.91 Å². The number of hydrogen-bond donors (Lipinski definition) is 1. The molecule has 1 saturated heterocycles. The highest BCUT2D eigenvalue weighted by atomic mass is 16.5. The van der Waals surface area contributed by atoms with Gasteiger partial charge < -0.3 is 25.0 Å². The number of benzene rings is 1. The van der Waals surface area contributed by atoms with Crippen LogP contribution in [0.25, 0.3) is 0 Å². The van der Waals surface area contributed by atoms with Gasteiger partial charge in [0.15, 0.2) is 0 Å². The first-order valence-corrected chi connectivity index (χ1v) is 7.13. The van der Waals surface area contributed by atoms with Crippen LogP contribution in [0.15, 0.2) is 12.1 Å². The molecular weight excluding hydrogens is 270 g/mol. The normalized spacial score (nSPS) is 15.9. The number of amides is 1. The summed E-state index contributed by atoms with van der Waals surface area (Å²) in [5.74, 6) is 0.960. The van der Waals surface area contributed by atoms with Gasteiger partial charge in [-0.05, 0) is 12.6 Å². The highest BCUT2D eigenvalue weighted by Crippen LogP contribution is 2.32. The molecule has 1 amide bonds. The van der Waals surface area contributed by atoms with Crippen LogP contribution in [-0.2, 0) is 0 Å². The molecule has 0 aliphatic carbocycles. The van der Waals surface area contributed by atoms with Crippen molar-refractivity contribution in [2.45, 2.75) is 6.92 Å². The molecule has 0 saturated carbocycles. The maximum atomic E-state index is 12.7. The lowest BCUT2D eigenvalue weighted by atomic mass is 10.1. The van der Waals surface area contributed by atoms with Crippen LogP contribution < -0.4 is 15.2 Å². The maximum Gasteiger partial charge on any atom is 0.256 e. The van der Waals surface area contributed by atoms with E-state index in [4.69, 9.17) is 15.2 Å². The van der Waals surface area contributed by atoms with E-state index in [1.54, 1.807) is 19.2 Å². The predicted octanol–water partition coefficient (Wildman–Crippen LogP) is 1.06. The van der Waals surface area contributed by atoms with Gasteiger partial charge in [0.05, 0.1) is 25.5 Å². The fourth-order valence-corrected chi connectivity index (χ4v) is 2.50. The lowest BCUT2D eigenvalue weighted by molar-refractivity contribution is 0.0644. The van der Waals surface area contributed by atoms with Gasteiger partial charge in [0.2, 0.25) is 0 Å². The van der Waals surface area contributed by atoms with Crippen LogP contribution in [-0.4, -0.2) is 62.7 Å². The van der Waals surface area contributed by atoms with E-state index in [1.165, 1.54) is 7.11 Å². The number of hydrogen-bond acceptors (Lipinski definition) is 5. The summed E-state index contributed by atoms with van der Waals surface area (Å²) in [6.07, 6.45) is 0. The quantitative estimate of drug-likeness (QED) is 0.841. The first kappa shape index (κ1) is 15.4. The summed E-state index contributed by atoms with van der Waals surface area (Å²) in [7, 11) is 3.08. The van der Waals surface area contributed by atoms with Crippen LogP contribution in [0.3, 0.4) is 0 Å². The summed E-state index contributed by atoms with van der Waals surface area (Å²) in [5.41, 5.74) is 6.84. The molecule has 0 spiro atoms. The van der Waals surface area contributed by atoms with E-state index in [0.717, 1.165) is 19.6 Å². The Bertz CT molecular complexity index is 511. The molecule has 0 atom stereocenters. The van der Waals surface area contributed by atoms with Crippen LogP contribution in [0.5, 0.6) is 11.5 Å². The third-order valence-corrected chi connectivity index (χ3v) is 3.91. The molecule has 0 bridgehead atoms. The molecule has 1 aromatic carbocycles. The van der Waals surface area contributed by atoms with E-state index in [1.807, 2.05) is 4.90 Å². The van der Waals surface area contributed by atoms with Gasteiger partial charge >= 0.3 is 0 Å². The van der Waals surface area contributed by atoms with Crippen molar-refractivity contribution < 1.29 is 14.3 Å². The zero-order valence-electron chi connectivity index (χ0n) is 12.9. The van der Waals surface area contributed by atoms with E-state index < -0.39 is 0 Å². The highest BCUT2D eigenvalue weighted by Gasteiger charge is 2.24. The van der Waals surface area contributed by atoms with Gasteiger partial charge in [-0.15, -0.1) is 0 Å². The van der Waals surface area contributed by atoms with Gasteiger partial charge in [-0.25, -0.2) is 0 Å². The second kappa shape index (κ2) is 6.67. The number of piperazine rings is 1. The summed E-state index contributed by atoms with van der Waals surface area (Å²) in [6, 6.07) is 3.35. The monoisotopic (exact) mass is 293 g/mol. The number of rotatable bonds is 4. The number of carbonyl (C=O) groups is 1. The average molecular weight is 293 g/mol. The predicted molar refractivity (Wildman–Crippen MR) is 82.0 cm³/mol. The van der Waals surface area contributed by atoms with Gasteiger partial charge in [-0.1, -0.05) is 6.92 Å². The second-order valence-corrected chi connectivity index (χ2v) is 5.02. The van der Waals surface area contributed by atoms with Crippen LogP contribution in [0, 0.1) is 0 Å². The van der Waals surface area contributed by atoms with Crippen molar-refractivity contribution in [1.82, 2.24) is 9.80 Å². The minimum absolute atomic E-state index is 0.0690. The molecule has 1 heterocycles. The van der Waals surface area contributed by atoms with Gasteiger partial charge in [0.1, 0.15) is 11.5 Å². The molecular formula is C15H23N3O3. The Kier molecular flexibility index (Phi) is 4.90. The molecule has 1 aliphatic heterocycles. The van der Waals surface area contributed by atoms with Crippen molar-refractivity contribution in [2.75, 3.05) is 52.7 Å². The largest absolute Gasteiger partial charge is 0.497 e. The molecule has 0 aromatic heterocycles. The number of methoxy groups -OCH3 is 2. The zero-order chi connectivity index (χ0) is 15.4. The Balaban J connectivity index is 2.23. The van der Waals surface area contributed by atoms with Gasteiger partial charge in [0, 0.05) is 32.2 Å². The van der Waals surface area contributed by atoms with Crippen LogP contribution in [0.4, 0.5) is 5.69 Å². The van der Waals surface area contributed by atoms with Gasteiger partial charge in [-0.3, -0.25) is 4.79 Å². The summed E-state index contributed by atoms with van der Waals surface area (Å²) in [5, 5.41) is 0. The number of anilines is 1. The molecule has 2 N–H and O–H groups in total. The minimum atomic E-state index is -0.0690. The smallest absolute Gasteiger partial charge is 0.256 e. The zero-order valence-corrected chi connectivity index (χ0v) is 12.9. The molecule has 6 heteroatoms. The third kappa shape index (κ3) is 3.21. The summed E-state index contributed by atoms with van der Waals surface area (Å²) in [6.45, 7) is 6.35. The van der Waals surface area contributed by atoms with E-state index in [-0.39, 0.29) is 5.91 Å².